The Balaban J connectivity index is 1.99. The van der Waals surface area contributed by atoms with Crippen LogP contribution in [0.5, 0.6) is 0 Å². The van der Waals surface area contributed by atoms with Crippen LogP contribution < -0.4 is 5.32 Å². The molecule has 16 heavy (non-hydrogen) atoms. The van der Waals surface area contributed by atoms with Gasteiger partial charge in [0.25, 0.3) is 0 Å². The minimum absolute atomic E-state index is 0.127. The van der Waals surface area contributed by atoms with Crippen LogP contribution in [0.4, 0.5) is 5.95 Å². The Hall–Kier alpha value is -0.260. The van der Waals surface area contributed by atoms with Crippen LogP contribution in [-0.2, 0) is 0 Å². The van der Waals surface area contributed by atoms with Gasteiger partial charge in [-0.1, -0.05) is 0 Å². The second kappa shape index (κ2) is 5.38. The first kappa shape index (κ1) is 12.2. The van der Waals surface area contributed by atoms with Crippen LogP contribution in [0.25, 0.3) is 0 Å². The summed E-state index contributed by atoms with van der Waals surface area (Å²) in [5.41, 5.74) is 0. The van der Waals surface area contributed by atoms with E-state index < -0.39 is 0 Å². The topological polar surface area (TPSA) is 50.7 Å². The number of nitrogens with zero attached hydrogens (tertiary/aromatic N) is 3. The van der Waals surface area contributed by atoms with Crippen LogP contribution in [0.2, 0.25) is 10.6 Å². The summed E-state index contributed by atoms with van der Waals surface area (Å²) in [5, 5.41) is 4.22. The monoisotopic (exact) mass is 278 g/mol. The number of aromatic nitrogens is 3. The molecular formula is C9H12Cl2N4S. The predicted molar refractivity (Wildman–Crippen MR) is 68.4 cm³/mol. The molecule has 0 spiro atoms. The normalized spacial score (nSPS) is 24.7. The molecule has 1 heterocycles. The molecule has 2 atom stereocenters. The molecule has 4 nitrogen and oxygen atoms in total. The largest absolute Gasteiger partial charge is 0.351 e. The maximum atomic E-state index is 5.70. The third kappa shape index (κ3) is 3.12. The SMILES string of the molecule is CSC1CCC(Nc2nc(Cl)nc(Cl)n2)C1. The van der Waals surface area contributed by atoms with Crippen LogP contribution in [0.15, 0.2) is 0 Å². The van der Waals surface area contributed by atoms with Crippen molar-refractivity contribution >= 4 is 40.9 Å². The van der Waals surface area contributed by atoms with Gasteiger partial charge in [0.2, 0.25) is 16.5 Å². The van der Waals surface area contributed by atoms with E-state index in [0.29, 0.717) is 12.0 Å². The molecule has 1 aromatic heterocycles. The van der Waals surface area contributed by atoms with Gasteiger partial charge in [-0.25, -0.2) is 0 Å². The number of anilines is 1. The number of hydrogen-bond acceptors (Lipinski definition) is 5. The third-order valence-corrected chi connectivity index (χ3v) is 4.06. The highest BCUT2D eigenvalue weighted by atomic mass is 35.5. The van der Waals surface area contributed by atoms with Gasteiger partial charge in [-0.15, -0.1) is 0 Å². The van der Waals surface area contributed by atoms with Crippen LogP contribution in [0, 0.1) is 0 Å². The molecule has 0 radical (unpaired) electrons. The average Bonchev–Trinajstić information content (AvgIpc) is 2.64. The van der Waals surface area contributed by atoms with Crippen molar-refractivity contribution in [3.63, 3.8) is 0 Å². The Bertz CT molecular complexity index is 356. The number of nitrogens with one attached hydrogen (secondary N) is 1. The highest BCUT2D eigenvalue weighted by Gasteiger charge is 2.24. The number of halogens is 2. The van der Waals surface area contributed by atoms with Crippen molar-refractivity contribution in [2.45, 2.75) is 30.6 Å². The zero-order valence-electron chi connectivity index (χ0n) is 8.78. The maximum Gasteiger partial charge on any atom is 0.228 e. The molecule has 1 aliphatic rings. The maximum absolute atomic E-state index is 5.70. The van der Waals surface area contributed by atoms with E-state index in [0.717, 1.165) is 18.1 Å². The van der Waals surface area contributed by atoms with Crippen LogP contribution in [-0.4, -0.2) is 32.5 Å². The average molecular weight is 279 g/mol. The molecule has 1 fully saturated rings. The molecular weight excluding hydrogens is 267 g/mol. The quantitative estimate of drug-likeness (QED) is 0.922. The number of rotatable bonds is 3. The van der Waals surface area contributed by atoms with Gasteiger partial charge < -0.3 is 5.32 Å². The lowest BCUT2D eigenvalue weighted by atomic mass is 10.2. The van der Waals surface area contributed by atoms with E-state index >= 15 is 0 Å². The second-order valence-corrected chi connectivity index (χ2v) is 5.52. The van der Waals surface area contributed by atoms with Gasteiger partial charge in [0.05, 0.1) is 0 Å². The summed E-state index contributed by atoms with van der Waals surface area (Å²) in [5.74, 6) is 0.469. The van der Waals surface area contributed by atoms with Gasteiger partial charge in [-0.2, -0.15) is 26.7 Å². The van der Waals surface area contributed by atoms with Gasteiger partial charge in [0.1, 0.15) is 0 Å². The summed E-state index contributed by atoms with van der Waals surface area (Å²) in [4.78, 5) is 11.7. The van der Waals surface area contributed by atoms with Crippen LogP contribution >= 0.6 is 35.0 Å². The Morgan fingerprint density at radius 1 is 1.19 bits per heavy atom. The second-order valence-electron chi connectivity index (χ2n) is 3.71. The predicted octanol–water partition coefficient (Wildman–Crippen LogP) is 2.87. The van der Waals surface area contributed by atoms with Crippen molar-refractivity contribution in [1.82, 2.24) is 15.0 Å². The van der Waals surface area contributed by atoms with E-state index in [1.165, 1.54) is 6.42 Å². The van der Waals surface area contributed by atoms with Gasteiger partial charge in [0, 0.05) is 11.3 Å². The lowest BCUT2D eigenvalue weighted by Crippen LogP contribution is -2.18. The highest BCUT2D eigenvalue weighted by molar-refractivity contribution is 7.99. The molecule has 0 bridgehead atoms. The Morgan fingerprint density at radius 3 is 2.44 bits per heavy atom. The molecule has 1 aliphatic carbocycles. The summed E-state index contributed by atoms with van der Waals surface area (Å²) < 4.78 is 0. The summed E-state index contributed by atoms with van der Waals surface area (Å²) in [6, 6.07) is 0.409. The lowest BCUT2D eigenvalue weighted by molar-refractivity contribution is 0.743. The minimum Gasteiger partial charge on any atom is -0.351 e. The van der Waals surface area contributed by atoms with Crippen molar-refractivity contribution in [3.8, 4) is 0 Å². The minimum atomic E-state index is 0.127. The first-order valence-electron chi connectivity index (χ1n) is 5.04. The van der Waals surface area contributed by atoms with Crippen LogP contribution in [0.1, 0.15) is 19.3 Å². The molecule has 7 heteroatoms. The fourth-order valence-electron chi connectivity index (χ4n) is 1.86. The number of thioether (sulfide) groups is 1. The summed E-state index contributed by atoms with van der Waals surface area (Å²) in [6.45, 7) is 0. The van der Waals surface area contributed by atoms with Crippen LogP contribution in [0.3, 0.4) is 0 Å². The van der Waals surface area contributed by atoms with E-state index in [9.17, 15) is 0 Å². The fourth-order valence-corrected chi connectivity index (χ4v) is 3.02. The van der Waals surface area contributed by atoms with E-state index in [-0.39, 0.29) is 10.6 Å². The Morgan fingerprint density at radius 2 is 1.88 bits per heavy atom. The Labute approximate surface area is 109 Å². The molecule has 0 aromatic carbocycles. The van der Waals surface area contributed by atoms with E-state index in [4.69, 9.17) is 23.2 Å². The molecule has 1 saturated carbocycles. The highest BCUT2D eigenvalue weighted by Crippen LogP contribution is 2.29. The third-order valence-electron chi connectivity index (χ3n) is 2.63. The zero-order chi connectivity index (χ0) is 11.5. The molecule has 2 unspecified atom stereocenters. The summed E-state index contributed by atoms with van der Waals surface area (Å²) in [7, 11) is 0. The van der Waals surface area contributed by atoms with E-state index in [2.05, 4.69) is 26.5 Å². The number of hydrogen-bond donors (Lipinski definition) is 1. The lowest BCUT2D eigenvalue weighted by Gasteiger charge is -2.12. The van der Waals surface area contributed by atoms with Gasteiger partial charge in [-0.3, -0.25) is 0 Å². The molecule has 0 amide bonds. The van der Waals surface area contributed by atoms with Crippen molar-refractivity contribution < 1.29 is 0 Å². The first-order chi connectivity index (χ1) is 7.67. The van der Waals surface area contributed by atoms with Crippen molar-refractivity contribution in [3.05, 3.63) is 10.6 Å². The van der Waals surface area contributed by atoms with E-state index in [1.54, 1.807) is 0 Å². The molecule has 0 aliphatic heterocycles. The fraction of sp³-hybridized carbons (Fsp3) is 0.667. The van der Waals surface area contributed by atoms with Crippen molar-refractivity contribution in [1.29, 1.82) is 0 Å². The molecule has 2 rings (SSSR count). The molecule has 0 saturated heterocycles. The van der Waals surface area contributed by atoms with Gasteiger partial charge >= 0.3 is 0 Å². The van der Waals surface area contributed by atoms with Crippen molar-refractivity contribution in [2.24, 2.45) is 0 Å². The molecule has 1 aromatic rings. The van der Waals surface area contributed by atoms with E-state index in [1.807, 2.05) is 11.8 Å². The Kier molecular flexibility index (Phi) is 4.10. The van der Waals surface area contributed by atoms with Gasteiger partial charge in [0.15, 0.2) is 0 Å². The van der Waals surface area contributed by atoms with Gasteiger partial charge in [-0.05, 0) is 48.7 Å². The smallest absolute Gasteiger partial charge is 0.228 e. The van der Waals surface area contributed by atoms with Crippen molar-refractivity contribution in [2.75, 3.05) is 11.6 Å². The molecule has 1 N–H and O–H groups in total. The summed E-state index contributed by atoms with van der Waals surface area (Å²) >= 11 is 13.3. The zero-order valence-corrected chi connectivity index (χ0v) is 11.1. The summed E-state index contributed by atoms with van der Waals surface area (Å²) in [6.07, 6.45) is 5.63. The first-order valence-corrected chi connectivity index (χ1v) is 7.08. The molecule has 88 valence electrons. The standard InChI is InChI=1S/C9H12Cl2N4S/c1-16-6-3-2-5(4-6)12-9-14-7(10)13-8(11)15-9/h5-6H,2-4H2,1H3,(H,12,13,14,15).